The van der Waals surface area contributed by atoms with Gasteiger partial charge in [-0.25, -0.2) is 4.68 Å². The van der Waals surface area contributed by atoms with Crippen LogP contribution >= 0.6 is 11.3 Å². The molecule has 3 aliphatic rings. The fraction of sp³-hybridized carbons (Fsp3) is 0.650. The Morgan fingerprint density at radius 1 is 1.21 bits per heavy atom. The number of aromatic nitrogens is 3. The van der Waals surface area contributed by atoms with Crippen LogP contribution in [0, 0.1) is 6.92 Å². The van der Waals surface area contributed by atoms with E-state index in [2.05, 4.69) is 29.1 Å². The van der Waals surface area contributed by atoms with Crippen LogP contribution in [0.15, 0.2) is 21.7 Å². The Morgan fingerprint density at radius 3 is 2.79 bits per heavy atom. The van der Waals surface area contributed by atoms with E-state index in [0.29, 0.717) is 19.0 Å². The van der Waals surface area contributed by atoms with E-state index in [0.717, 1.165) is 51.7 Å². The maximum Gasteiger partial charge on any atom is 0.332 e. The van der Waals surface area contributed by atoms with Crippen molar-refractivity contribution in [1.82, 2.24) is 19.2 Å². The van der Waals surface area contributed by atoms with Crippen LogP contribution in [0.5, 0.6) is 0 Å². The molecule has 2 aliphatic heterocycles. The zero-order chi connectivity index (χ0) is 19.3. The molecule has 4 heterocycles. The van der Waals surface area contributed by atoms with Crippen LogP contribution in [0.3, 0.4) is 0 Å². The minimum absolute atomic E-state index is 0.0678. The number of hydrogen-bond donors (Lipinski definition) is 0. The van der Waals surface area contributed by atoms with Gasteiger partial charge in [0.1, 0.15) is 12.2 Å². The molecule has 1 saturated heterocycles. The molecule has 2 aromatic heterocycles. The molecule has 0 aromatic carbocycles. The molecule has 0 bridgehead atoms. The van der Waals surface area contributed by atoms with Gasteiger partial charge in [0.05, 0.1) is 12.6 Å². The fourth-order valence-corrected chi connectivity index (χ4v) is 5.80. The summed E-state index contributed by atoms with van der Waals surface area (Å²) >= 11 is 1.82. The van der Waals surface area contributed by atoms with Crippen LogP contribution in [0.2, 0.25) is 0 Å². The number of likely N-dealkylation sites (tertiary alicyclic amines) is 1. The summed E-state index contributed by atoms with van der Waals surface area (Å²) in [5.41, 5.74) is -1.31. The van der Waals surface area contributed by atoms with Crippen molar-refractivity contribution in [2.24, 2.45) is 0 Å². The third-order valence-corrected chi connectivity index (χ3v) is 7.35. The van der Waals surface area contributed by atoms with Crippen molar-refractivity contribution in [3.8, 4) is 0 Å². The smallest absolute Gasteiger partial charge is 0.332 e. The van der Waals surface area contributed by atoms with Crippen molar-refractivity contribution in [3.63, 3.8) is 0 Å². The lowest BCUT2D eigenvalue weighted by atomic mass is 10.0. The normalized spacial score (nSPS) is 25.6. The molecule has 1 aliphatic carbocycles. The van der Waals surface area contributed by atoms with Gasteiger partial charge in [0.25, 0.3) is 0 Å². The van der Waals surface area contributed by atoms with Gasteiger partial charge in [-0.05, 0) is 38.3 Å². The van der Waals surface area contributed by atoms with Crippen LogP contribution in [-0.4, -0.2) is 37.9 Å². The van der Waals surface area contributed by atoms with E-state index in [9.17, 15) is 9.59 Å². The molecule has 0 radical (unpaired) electrons. The van der Waals surface area contributed by atoms with Gasteiger partial charge < -0.3 is 4.74 Å². The SMILES string of the molecule is Cc1ccc(CN2CCC3(C2)Cn2c(nn(C4CCCC4)c(=O)c2=O)CO3)s1. The van der Waals surface area contributed by atoms with Crippen molar-refractivity contribution in [3.05, 3.63) is 48.4 Å². The third-order valence-electron chi connectivity index (χ3n) is 6.37. The van der Waals surface area contributed by atoms with Crippen molar-refractivity contribution in [2.45, 2.75) is 70.4 Å². The van der Waals surface area contributed by atoms with Crippen LogP contribution in [-0.2, 0) is 24.4 Å². The summed E-state index contributed by atoms with van der Waals surface area (Å²) in [4.78, 5) is 30.5. The van der Waals surface area contributed by atoms with E-state index in [1.54, 1.807) is 4.57 Å². The number of hydrogen-bond acceptors (Lipinski definition) is 6. The number of rotatable bonds is 3. The van der Waals surface area contributed by atoms with Gasteiger partial charge in [0.15, 0.2) is 5.82 Å². The second-order valence-electron chi connectivity index (χ2n) is 8.44. The average Bonchev–Trinajstić information content (AvgIpc) is 3.42. The Bertz CT molecular complexity index is 1000. The molecular weight excluding hydrogens is 376 g/mol. The van der Waals surface area contributed by atoms with Crippen molar-refractivity contribution in [1.29, 1.82) is 0 Å². The second kappa shape index (κ2) is 6.93. The van der Waals surface area contributed by atoms with E-state index in [1.165, 1.54) is 14.4 Å². The van der Waals surface area contributed by atoms with Crippen LogP contribution in [0.25, 0.3) is 0 Å². The number of fused-ring (bicyclic) bond motifs is 1. The quantitative estimate of drug-likeness (QED) is 0.735. The molecule has 1 spiro atoms. The highest BCUT2D eigenvalue weighted by Crippen LogP contribution is 2.33. The molecule has 0 amide bonds. The van der Waals surface area contributed by atoms with Crippen molar-refractivity contribution >= 4 is 11.3 Å². The topological polar surface area (TPSA) is 69.4 Å². The van der Waals surface area contributed by atoms with Gasteiger partial charge in [-0.15, -0.1) is 11.3 Å². The van der Waals surface area contributed by atoms with Gasteiger partial charge in [-0.2, -0.15) is 5.10 Å². The molecule has 28 heavy (non-hydrogen) atoms. The first-order valence-electron chi connectivity index (χ1n) is 10.2. The lowest BCUT2D eigenvalue weighted by Gasteiger charge is -2.35. The van der Waals surface area contributed by atoms with Gasteiger partial charge in [0, 0.05) is 29.4 Å². The number of thiophene rings is 1. The lowest BCUT2D eigenvalue weighted by molar-refractivity contribution is -0.0860. The second-order valence-corrected chi connectivity index (χ2v) is 9.81. The highest BCUT2D eigenvalue weighted by atomic mass is 32.1. The average molecular weight is 403 g/mol. The van der Waals surface area contributed by atoms with Gasteiger partial charge in [0.2, 0.25) is 0 Å². The highest BCUT2D eigenvalue weighted by molar-refractivity contribution is 7.11. The Labute approximate surface area is 167 Å². The Balaban J connectivity index is 1.37. The van der Waals surface area contributed by atoms with E-state index in [4.69, 9.17) is 4.74 Å². The van der Waals surface area contributed by atoms with Gasteiger partial charge >= 0.3 is 11.1 Å². The van der Waals surface area contributed by atoms with E-state index < -0.39 is 16.7 Å². The summed E-state index contributed by atoms with van der Waals surface area (Å²) in [5, 5.41) is 4.53. The number of nitrogens with zero attached hydrogens (tertiary/aromatic N) is 4. The predicted molar refractivity (Wildman–Crippen MR) is 107 cm³/mol. The summed E-state index contributed by atoms with van der Waals surface area (Å²) in [6.45, 7) is 5.48. The molecule has 1 atom stereocenters. The fourth-order valence-electron chi connectivity index (χ4n) is 4.87. The van der Waals surface area contributed by atoms with Crippen molar-refractivity contribution in [2.75, 3.05) is 13.1 Å². The van der Waals surface area contributed by atoms with Crippen LogP contribution in [0.1, 0.15) is 53.7 Å². The Kier molecular flexibility index (Phi) is 4.52. The number of ether oxygens (including phenoxy) is 1. The maximum absolute atomic E-state index is 12.8. The van der Waals surface area contributed by atoms with Gasteiger partial charge in [-0.1, -0.05) is 12.8 Å². The molecule has 1 unspecified atom stereocenters. The summed E-state index contributed by atoms with van der Waals surface area (Å²) in [7, 11) is 0. The van der Waals surface area contributed by atoms with Gasteiger partial charge in [-0.3, -0.25) is 19.1 Å². The zero-order valence-corrected chi connectivity index (χ0v) is 17.0. The molecule has 1 saturated carbocycles. The molecule has 8 heteroatoms. The molecular formula is C20H26N4O3S. The molecule has 0 N–H and O–H groups in total. The summed E-state index contributed by atoms with van der Waals surface area (Å²) in [6, 6.07) is 4.40. The molecule has 2 fully saturated rings. The standard InChI is InChI=1S/C20H26N4O3S/c1-14-6-7-16(28-14)10-22-9-8-20(12-22)13-23-17(11-27-20)21-24(19(26)18(23)25)15-4-2-3-5-15/h6-7,15H,2-5,8-13H2,1H3. The van der Waals surface area contributed by atoms with Crippen LogP contribution < -0.4 is 11.1 Å². The minimum Gasteiger partial charge on any atom is -0.364 e. The summed E-state index contributed by atoms with van der Waals surface area (Å²) in [6.07, 6.45) is 4.91. The molecule has 2 aromatic rings. The number of aryl methyl sites for hydroxylation is 1. The van der Waals surface area contributed by atoms with E-state index in [-0.39, 0.29) is 6.04 Å². The largest absolute Gasteiger partial charge is 0.364 e. The Hall–Kier alpha value is -1.77. The van der Waals surface area contributed by atoms with E-state index in [1.807, 2.05) is 11.3 Å². The molecule has 150 valence electrons. The first-order chi connectivity index (χ1) is 13.5. The Morgan fingerprint density at radius 2 is 2.04 bits per heavy atom. The predicted octanol–water partition coefficient (Wildman–Crippen LogP) is 2.06. The van der Waals surface area contributed by atoms with Crippen molar-refractivity contribution < 1.29 is 4.74 Å². The van der Waals surface area contributed by atoms with Crippen LogP contribution in [0.4, 0.5) is 0 Å². The summed E-state index contributed by atoms with van der Waals surface area (Å²) < 4.78 is 9.28. The molecule has 7 nitrogen and oxygen atoms in total. The minimum atomic E-state index is -0.475. The van der Waals surface area contributed by atoms with E-state index >= 15 is 0 Å². The first-order valence-corrected chi connectivity index (χ1v) is 11.0. The zero-order valence-electron chi connectivity index (χ0n) is 16.2. The monoisotopic (exact) mass is 402 g/mol. The lowest BCUT2D eigenvalue weighted by Crippen LogP contribution is -2.53. The summed E-state index contributed by atoms with van der Waals surface area (Å²) in [5.74, 6) is 0.592. The maximum atomic E-state index is 12.8. The first kappa shape index (κ1) is 18.3. The highest BCUT2D eigenvalue weighted by Gasteiger charge is 2.43. The molecule has 5 rings (SSSR count). The third kappa shape index (κ3) is 3.17.